The van der Waals surface area contributed by atoms with Crippen LogP contribution in [0.1, 0.15) is 28.6 Å². The van der Waals surface area contributed by atoms with Crippen molar-refractivity contribution in [2.45, 2.75) is 18.6 Å². The van der Waals surface area contributed by atoms with Gasteiger partial charge in [0.15, 0.2) is 0 Å². The molecule has 6 heteroatoms. The number of carbonyl (C=O) groups excluding carboxylic acids is 1. The third-order valence-electron chi connectivity index (χ3n) is 2.31. The Hall–Kier alpha value is -1.50. The average molecular weight is 241 g/mol. The van der Waals surface area contributed by atoms with Gasteiger partial charge in [-0.1, -0.05) is 0 Å². The molecule has 1 aromatic heterocycles. The van der Waals surface area contributed by atoms with Crippen LogP contribution in [0.25, 0.3) is 0 Å². The standard InChI is InChI=1S/C11H15NO5/c1-17-11(16)8-6-7(2-4-12-8)10(15)9(14)3-5-13/h2,4,6,9-10,13-15H,3,5H2,1H3. The Bertz CT molecular complexity index is 382. The molecule has 0 fully saturated rings. The van der Waals surface area contributed by atoms with Gasteiger partial charge in [0.25, 0.3) is 0 Å². The highest BCUT2D eigenvalue weighted by Gasteiger charge is 2.19. The molecule has 2 atom stereocenters. The number of methoxy groups -OCH3 is 1. The molecule has 6 nitrogen and oxygen atoms in total. The van der Waals surface area contributed by atoms with Gasteiger partial charge in [0, 0.05) is 12.8 Å². The zero-order valence-electron chi connectivity index (χ0n) is 9.41. The van der Waals surface area contributed by atoms with Crippen LogP contribution in [0.15, 0.2) is 18.3 Å². The second-order valence-corrected chi connectivity index (χ2v) is 3.49. The van der Waals surface area contributed by atoms with Crippen LogP contribution in [0.4, 0.5) is 0 Å². The summed E-state index contributed by atoms with van der Waals surface area (Å²) in [6.45, 7) is -0.229. The first kappa shape index (κ1) is 13.6. The van der Waals surface area contributed by atoms with Gasteiger partial charge in [0.1, 0.15) is 11.8 Å². The normalized spacial score (nSPS) is 14.1. The number of aliphatic hydroxyl groups excluding tert-OH is 3. The molecule has 1 heterocycles. The van der Waals surface area contributed by atoms with E-state index in [0.717, 1.165) is 0 Å². The van der Waals surface area contributed by atoms with Crippen molar-refractivity contribution in [3.63, 3.8) is 0 Å². The predicted octanol–water partition coefficient (Wildman–Crippen LogP) is -0.355. The third-order valence-corrected chi connectivity index (χ3v) is 2.31. The summed E-state index contributed by atoms with van der Waals surface area (Å²) < 4.78 is 4.49. The number of nitrogens with zero attached hydrogens (tertiary/aromatic N) is 1. The number of rotatable bonds is 5. The lowest BCUT2D eigenvalue weighted by Gasteiger charge is -2.17. The van der Waals surface area contributed by atoms with E-state index < -0.39 is 18.2 Å². The molecule has 0 aromatic carbocycles. The Balaban J connectivity index is 2.87. The lowest BCUT2D eigenvalue weighted by Crippen LogP contribution is -2.20. The molecule has 0 saturated carbocycles. The highest BCUT2D eigenvalue weighted by atomic mass is 16.5. The number of pyridine rings is 1. The lowest BCUT2D eigenvalue weighted by molar-refractivity contribution is 0.00408. The van der Waals surface area contributed by atoms with E-state index in [1.807, 2.05) is 0 Å². The van der Waals surface area contributed by atoms with Crippen LogP contribution in [0.2, 0.25) is 0 Å². The molecule has 1 aromatic rings. The first-order chi connectivity index (χ1) is 8.10. The Morgan fingerprint density at radius 2 is 2.24 bits per heavy atom. The van der Waals surface area contributed by atoms with E-state index in [2.05, 4.69) is 9.72 Å². The monoisotopic (exact) mass is 241 g/mol. The highest BCUT2D eigenvalue weighted by Crippen LogP contribution is 2.19. The molecular formula is C11H15NO5. The van der Waals surface area contributed by atoms with Crippen LogP contribution >= 0.6 is 0 Å². The topological polar surface area (TPSA) is 99.9 Å². The number of carbonyl (C=O) groups is 1. The van der Waals surface area contributed by atoms with Crippen molar-refractivity contribution in [1.29, 1.82) is 0 Å². The van der Waals surface area contributed by atoms with Crippen LogP contribution in [-0.2, 0) is 4.74 Å². The summed E-state index contributed by atoms with van der Waals surface area (Å²) in [5.41, 5.74) is 0.404. The van der Waals surface area contributed by atoms with Crippen LogP contribution in [0.3, 0.4) is 0 Å². The first-order valence-electron chi connectivity index (χ1n) is 5.11. The molecule has 0 aliphatic rings. The molecule has 0 radical (unpaired) electrons. The maximum absolute atomic E-state index is 11.2. The number of aliphatic hydroxyl groups is 3. The number of ether oxygens (including phenoxy) is 1. The highest BCUT2D eigenvalue weighted by molar-refractivity contribution is 5.87. The Labute approximate surface area is 98.5 Å². The van der Waals surface area contributed by atoms with Crippen LogP contribution < -0.4 is 0 Å². The Kier molecular flexibility index (Phi) is 5.02. The van der Waals surface area contributed by atoms with Gasteiger partial charge < -0.3 is 20.1 Å². The molecule has 17 heavy (non-hydrogen) atoms. The second-order valence-electron chi connectivity index (χ2n) is 3.49. The fourth-order valence-electron chi connectivity index (χ4n) is 1.36. The van der Waals surface area contributed by atoms with Gasteiger partial charge >= 0.3 is 5.97 Å². The zero-order chi connectivity index (χ0) is 12.8. The summed E-state index contributed by atoms with van der Waals surface area (Å²) in [6.07, 6.45) is -0.866. The fourth-order valence-corrected chi connectivity index (χ4v) is 1.36. The van der Waals surface area contributed by atoms with E-state index in [0.29, 0.717) is 5.56 Å². The van der Waals surface area contributed by atoms with E-state index in [1.165, 1.54) is 25.4 Å². The maximum Gasteiger partial charge on any atom is 0.356 e. The smallest absolute Gasteiger partial charge is 0.356 e. The minimum atomic E-state index is -1.17. The molecule has 0 saturated heterocycles. The quantitative estimate of drug-likeness (QED) is 0.609. The molecule has 0 bridgehead atoms. The molecule has 0 spiro atoms. The summed E-state index contributed by atoms with van der Waals surface area (Å²) in [4.78, 5) is 15.0. The SMILES string of the molecule is COC(=O)c1cc(C(O)C(O)CCO)ccn1. The van der Waals surface area contributed by atoms with Crippen LogP contribution in [-0.4, -0.2) is 46.1 Å². The summed E-state index contributed by atoms with van der Waals surface area (Å²) >= 11 is 0. The predicted molar refractivity (Wildman–Crippen MR) is 58.2 cm³/mol. The van der Waals surface area contributed by atoms with Crippen molar-refractivity contribution in [3.8, 4) is 0 Å². The van der Waals surface area contributed by atoms with Crippen molar-refractivity contribution >= 4 is 5.97 Å². The molecule has 94 valence electrons. The molecule has 0 aliphatic carbocycles. The molecule has 0 aliphatic heterocycles. The third kappa shape index (κ3) is 3.48. The maximum atomic E-state index is 11.2. The summed E-state index contributed by atoms with van der Waals surface area (Å²) in [5, 5.41) is 27.9. The summed E-state index contributed by atoms with van der Waals surface area (Å²) in [6, 6.07) is 2.83. The zero-order valence-corrected chi connectivity index (χ0v) is 9.41. The minimum Gasteiger partial charge on any atom is -0.464 e. The van der Waals surface area contributed by atoms with Crippen molar-refractivity contribution in [1.82, 2.24) is 4.98 Å². The average Bonchev–Trinajstić information content (AvgIpc) is 2.37. The van der Waals surface area contributed by atoms with Gasteiger partial charge in [-0.3, -0.25) is 0 Å². The summed E-state index contributed by atoms with van der Waals surface area (Å²) in [7, 11) is 1.23. The second kappa shape index (κ2) is 6.29. The van der Waals surface area contributed by atoms with E-state index in [-0.39, 0.29) is 18.7 Å². The number of esters is 1. The van der Waals surface area contributed by atoms with Crippen molar-refractivity contribution in [3.05, 3.63) is 29.6 Å². The number of hydrogen-bond acceptors (Lipinski definition) is 6. The molecular weight excluding hydrogens is 226 g/mol. The van der Waals surface area contributed by atoms with Crippen molar-refractivity contribution in [2.24, 2.45) is 0 Å². The van der Waals surface area contributed by atoms with Gasteiger partial charge in [-0.2, -0.15) is 0 Å². The summed E-state index contributed by atoms with van der Waals surface area (Å²) in [5.74, 6) is -0.615. The van der Waals surface area contributed by atoms with Crippen molar-refractivity contribution in [2.75, 3.05) is 13.7 Å². The lowest BCUT2D eigenvalue weighted by atomic mass is 10.0. The molecule has 1 rings (SSSR count). The molecule has 0 amide bonds. The van der Waals surface area contributed by atoms with E-state index in [1.54, 1.807) is 0 Å². The molecule has 2 unspecified atom stereocenters. The van der Waals surface area contributed by atoms with E-state index in [4.69, 9.17) is 5.11 Å². The molecule has 3 N–H and O–H groups in total. The first-order valence-corrected chi connectivity index (χ1v) is 5.11. The van der Waals surface area contributed by atoms with Crippen molar-refractivity contribution < 1.29 is 24.9 Å². The van der Waals surface area contributed by atoms with Crippen LogP contribution in [0, 0.1) is 0 Å². The number of hydrogen-bond donors (Lipinski definition) is 3. The van der Waals surface area contributed by atoms with Gasteiger partial charge in [0.05, 0.1) is 13.2 Å². The van der Waals surface area contributed by atoms with Gasteiger partial charge in [-0.05, 0) is 24.1 Å². The van der Waals surface area contributed by atoms with Gasteiger partial charge in [-0.15, -0.1) is 0 Å². The Morgan fingerprint density at radius 3 is 2.82 bits per heavy atom. The van der Waals surface area contributed by atoms with Gasteiger partial charge in [-0.25, -0.2) is 9.78 Å². The minimum absolute atomic E-state index is 0.0526. The number of aromatic nitrogens is 1. The van der Waals surface area contributed by atoms with Gasteiger partial charge in [0.2, 0.25) is 0 Å². The fraction of sp³-hybridized carbons (Fsp3) is 0.455. The van der Waals surface area contributed by atoms with Crippen LogP contribution in [0.5, 0.6) is 0 Å². The van der Waals surface area contributed by atoms with E-state index >= 15 is 0 Å². The van der Waals surface area contributed by atoms with E-state index in [9.17, 15) is 15.0 Å². The largest absolute Gasteiger partial charge is 0.464 e. The Morgan fingerprint density at radius 1 is 1.53 bits per heavy atom.